The van der Waals surface area contributed by atoms with Crippen LogP contribution in [-0.4, -0.2) is 19.6 Å². The van der Waals surface area contributed by atoms with E-state index < -0.39 is 0 Å². The fourth-order valence-corrected chi connectivity index (χ4v) is 9.59. The van der Waals surface area contributed by atoms with Gasteiger partial charge < -0.3 is 5.11 Å². The second kappa shape index (κ2) is 17.9. The maximum atomic E-state index is 12.6. The summed E-state index contributed by atoms with van der Waals surface area (Å²) in [5, 5.41) is 12.6. The monoisotopic (exact) mass is 911 g/mol. The molecule has 0 saturated heterocycles. The van der Waals surface area contributed by atoms with Crippen LogP contribution < -0.4 is 0 Å². The highest BCUT2D eigenvalue weighted by Gasteiger charge is 2.30. The summed E-state index contributed by atoms with van der Waals surface area (Å²) in [6, 6.07) is 69.2. The normalized spacial score (nSPS) is 12.1. The van der Waals surface area contributed by atoms with E-state index >= 15 is 0 Å². The molecule has 0 amide bonds. The Labute approximate surface area is 414 Å². The Morgan fingerprint density at radius 3 is 1.54 bits per heavy atom. The first-order valence-corrected chi connectivity index (χ1v) is 24.4. The van der Waals surface area contributed by atoms with Crippen molar-refractivity contribution in [1.29, 1.82) is 0 Å². The number of pyridine rings is 1. The van der Waals surface area contributed by atoms with Crippen LogP contribution in [0.15, 0.2) is 200 Å². The predicted molar refractivity (Wildman–Crippen MR) is 295 cm³/mol. The molecule has 0 atom stereocenters. The van der Waals surface area contributed by atoms with Gasteiger partial charge in [0, 0.05) is 28.5 Å². The number of aromatic nitrogens is 3. The van der Waals surface area contributed by atoms with Gasteiger partial charge in [0.15, 0.2) is 0 Å². The van der Waals surface area contributed by atoms with Crippen molar-refractivity contribution in [2.75, 3.05) is 0 Å². The number of aromatic hydroxyl groups is 1. The van der Waals surface area contributed by atoms with Crippen LogP contribution in [0.25, 0.3) is 95.0 Å². The lowest BCUT2D eigenvalue weighted by Crippen LogP contribution is -2.17. The Morgan fingerprint density at radius 2 is 0.929 bits per heavy atom. The topological polar surface area (TPSA) is 50.9 Å². The Balaban J connectivity index is 1.23. The highest BCUT2D eigenvalue weighted by molar-refractivity contribution is 5.98. The average molecular weight is 912 g/mol. The van der Waals surface area contributed by atoms with Gasteiger partial charge in [-0.05, 0) is 126 Å². The largest absolute Gasteiger partial charge is 0.507 e. The molecule has 0 aliphatic heterocycles. The third-order valence-electron chi connectivity index (χ3n) is 13.6. The molecule has 4 nitrogen and oxygen atoms in total. The Bertz CT molecular complexity index is 3510. The fraction of sp³-hybridized carbons (Fsp3) is 0.182. The lowest BCUT2D eigenvalue weighted by molar-refractivity contribution is 0.446. The molecule has 2 aromatic heterocycles. The van der Waals surface area contributed by atoms with Gasteiger partial charge in [-0.2, -0.15) is 0 Å². The lowest BCUT2D eigenvalue weighted by atomic mass is 9.79. The van der Waals surface area contributed by atoms with Gasteiger partial charge in [-0.3, -0.25) is 9.55 Å². The molecule has 2 heterocycles. The van der Waals surface area contributed by atoms with Gasteiger partial charge >= 0.3 is 0 Å². The highest BCUT2D eigenvalue weighted by Crippen LogP contribution is 2.46. The van der Waals surface area contributed by atoms with Crippen LogP contribution in [0.5, 0.6) is 5.75 Å². The summed E-state index contributed by atoms with van der Waals surface area (Å²) >= 11 is 0. The van der Waals surface area contributed by atoms with Gasteiger partial charge in [-0.15, -0.1) is 0 Å². The van der Waals surface area contributed by atoms with Crippen LogP contribution in [0.1, 0.15) is 79.0 Å². The van der Waals surface area contributed by atoms with E-state index in [4.69, 9.17) is 9.97 Å². The maximum Gasteiger partial charge on any atom is 0.149 e. The zero-order chi connectivity index (χ0) is 49.0. The van der Waals surface area contributed by atoms with Crippen LogP contribution in [0.2, 0.25) is 0 Å². The molecule has 4 heteroatoms. The first kappa shape index (κ1) is 45.9. The van der Waals surface area contributed by atoms with Gasteiger partial charge in [0.2, 0.25) is 0 Å². The highest BCUT2D eigenvalue weighted by atomic mass is 16.3. The number of rotatable bonds is 8. The van der Waals surface area contributed by atoms with Crippen molar-refractivity contribution in [2.24, 2.45) is 0 Å². The van der Waals surface area contributed by atoms with Crippen LogP contribution in [-0.2, 0) is 16.2 Å². The zero-order valence-corrected chi connectivity index (χ0v) is 41.8. The summed E-state index contributed by atoms with van der Waals surface area (Å²) in [4.78, 5) is 10.7. The molecule has 0 bridgehead atoms. The lowest BCUT2D eigenvalue weighted by Gasteiger charge is -2.28. The van der Waals surface area contributed by atoms with E-state index in [2.05, 4.69) is 255 Å². The molecule has 10 aromatic rings. The Kier molecular flexibility index (Phi) is 11.8. The quantitative estimate of drug-likeness (QED) is 0.165. The van der Waals surface area contributed by atoms with Crippen LogP contribution in [0.4, 0.5) is 0 Å². The van der Waals surface area contributed by atoms with Gasteiger partial charge in [0.1, 0.15) is 11.6 Å². The van der Waals surface area contributed by atoms with E-state index in [0.29, 0.717) is 11.4 Å². The van der Waals surface area contributed by atoms with E-state index in [1.54, 1.807) is 0 Å². The average Bonchev–Trinajstić information content (AvgIpc) is 3.75. The molecule has 0 aliphatic rings. The molecular formula is C66H61N3O. The number of phenols is 1. The number of benzene rings is 8. The van der Waals surface area contributed by atoms with E-state index in [0.717, 1.165) is 83.6 Å². The summed E-state index contributed by atoms with van der Waals surface area (Å²) < 4.78 is 2.29. The van der Waals surface area contributed by atoms with Crippen molar-refractivity contribution in [3.8, 4) is 89.7 Å². The molecule has 0 radical (unpaired) electrons. The van der Waals surface area contributed by atoms with E-state index in [9.17, 15) is 5.11 Å². The molecule has 10 rings (SSSR count). The predicted octanol–water partition coefficient (Wildman–Crippen LogP) is 17.7. The number of para-hydroxylation sites is 1. The molecular weight excluding hydrogens is 851 g/mol. The van der Waals surface area contributed by atoms with E-state index in [1.807, 2.05) is 12.3 Å². The third-order valence-corrected chi connectivity index (χ3v) is 13.6. The van der Waals surface area contributed by atoms with Crippen LogP contribution in [0, 0.1) is 0 Å². The maximum absolute atomic E-state index is 12.6. The summed E-state index contributed by atoms with van der Waals surface area (Å²) in [5.74, 6) is 0.935. The molecule has 0 aliphatic carbocycles. The van der Waals surface area contributed by atoms with Crippen molar-refractivity contribution in [3.63, 3.8) is 0 Å². The summed E-state index contributed by atoms with van der Waals surface area (Å²) in [7, 11) is 0. The van der Waals surface area contributed by atoms with E-state index in [1.165, 1.54) is 16.7 Å². The molecule has 0 saturated carbocycles. The SMILES string of the molecule is CC(C)(C)c1ccc(-n2c(-c3cc(C(C)(C)C)cc(C(C)(C)C)c3O)nc3c(-c4cc(-c5ccccc5)cc(-c5cc(-c6ccc(-c7ccccc7)cc6)ccn5)c4)cccc32)c(-c2ccccc2)c1. The third kappa shape index (κ3) is 8.98. The van der Waals surface area contributed by atoms with Crippen molar-refractivity contribution in [1.82, 2.24) is 14.5 Å². The molecule has 8 aromatic carbocycles. The first-order valence-electron chi connectivity index (χ1n) is 24.4. The summed E-state index contributed by atoms with van der Waals surface area (Å²) in [6.45, 7) is 20.0. The van der Waals surface area contributed by atoms with Crippen molar-refractivity contribution in [2.45, 2.75) is 78.6 Å². The van der Waals surface area contributed by atoms with E-state index in [-0.39, 0.29) is 22.0 Å². The molecule has 0 fully saturated rings. The van der Waals surface area contributed by atoms with Gasteiger partial charge in [0.25, 0.3) is 0 Å². The smallest absolute Gasteiger partial charge is 0.149 e. The van der Waals surface area contributed by atoms with Crippen molar-refractivity contribution < 1.29 is 5.11 Å². The first-order chi connectivity index (χ1) is 33.5. The number of imidazole rings is 1. The fourth-order valence-electron chi connectivity index (χ4n) is 9.59. The minimum Gasteiger partial charge on any atom is -0.507 e. The second-order valence-corrected chi connectivity index (χ2v) is 21.8. The number of hydrogen-bond donors (Lipinski definition) is 1. The minimum absolute atomic E-state index is 0.0845. The Morgan fingerprint density at radius 1 is 0.386 bits per heavy atom. The summed E-state index contributed by atoms with van der Waals surface area (Å²) in [5.41, 5.74) is 19.0. The molecule has 70 heavy (non-hydrogen) atoms. The number of fused-ring (bicyclic) bond motifs is 1. The van der Waals surface area contributed by atoms with Crippen molar-refractivity contribution >= 4 is 11.0 Å². The minimum atomic E-state index is -0.336. The zero-order valence-electron chi connectivity index (χ0n) is 41.8. The number of nitrogens with zero attached hydrogens (tertiary/aromatic N) is 3. The molecule has 346 valence electrons. The Hall–Kier alpha value is -7.82. The standard InChI is InChI=1S/C66H61N3O/c1-64(2,3)52-32-33-59(55(40-52)47-24-17-12-18-25-47)69-60-27-19-26-54(61(60)68-63(69)56-41-53(65(4,5)6)42-57(62(56)70)66(7,8)9)50-36-49(44-22-15-11-16-23-44)37-51(38-50)58-39-48(34-35-67-58)46-30-28-45(29-31-46)43-20-13-10-14-21-43/h10-42,70H,1-9H3. The molecule has 0 spiro atoms. The van der Waals surface area contributed by atoms with Crippen molar-refractivity contribution in [3.05, 3.63) is 217 Å². The summed E-state index contributed by atoms with van der Waals surface area (Å²) in [6.07, 6.45) is 1.92. The number of phenolic OH excluding ortho intramolecular Hbond substituents is 1. The van der Waals surface area contributed by atoms with Gasteiger partial charge in [-0.1, -0.05) is 202 Å². The van der Waals surface area contributed by atoms with Crippen LogP contribution in [0.3, 0.4) is 0 Å². The van der Waals surface area contributed by atoms with Crippen LogP contribution >= 0.6 is 0 Å². The molecule has 0 unspecified atom stereocenters. The second-order valence-electron chi connectivity index (χ2n) is 21.8. The van der Waals surface area contributed by atoms with Gasteiger partial charge in [0.05, 0.1) is 28.0 Å². The molecule has 1 N–H and O–H groups in total. The van der Waals surface area contributed by atoms with Gasteiger partial charge in [-0.25, -0.2) is 4.98 Å². The number of hydrogen-bond acceptors (Lipinski definition) is 3.